The van der Waals surface area contributed by atoms with Gasteiger partial charge in [0.2, 0.25) is 0 Å². The molecule has 0 saturated heterocycles. The summed E-state index contributed by atoms with van der Waals surface area (Å²) in [5, 5.41) is 8.85. The molecule has 0 N–H and O–H groups in total. The lowest BCUT2D eigenvalue weighted by Gasteiger charge is -2.37. The predicted octanol–water partition coefficient (Wildman–Crippen LogP) is 8.37. The van der Waals surface area contributed by atoms with Crippen molar-refractivity contribution in [3.63, 3.8) is 0 Å². The Morgan fingerprint density at radius 1 is 0.919 bits per heavy atom. The summed E-state index contributed by atoms with van der Waals surface area (Å²) in [4.78, 5) is 12.6. The number of carbonyl (C=O) groups is 1. The number of nitrogens with zero attached hydrogens (tertiary/aromatic N) is 1. The molecule has 0 unspecified atom stereocenters. The first-order valence-electron chi connectivity index (χ1n) is 15.1. The smallest absolute Gasteiger partial charge is 0.314 e. The topological polar surface area (TPSA) is 59.3 Å². The Hall–Kier alpha value is -1.93. The summed E-state index contributed by atoms with van der Waals surface area (Å²) in [7, 11) is 0. The molecule has 3 aliphatic rings. The van der Waals surface area contributed by atoms with E-state index in [2.05, 4.69) is 6.92 Å². The average molecular weight is 512 g/mol. The molecule has 0 aromatic heterocycles. The second-order valence-electron chi connectivity index (χ2n) is 12.0. The highest BCUT2D eigenvalue weighted by atomic mass is 19.1. The van der Waals surface area contributed by atoms with E-state index >= 15 is 0 Å². The van der Waals surface area contributed by atoms with Crippen LogP contribution >= 0.6 is 0 Å². The third-order valence-electron chi connectivity index (χ3n) is 9.52. The molecule has 37 heavy (non-hydrogen) atoms. The Labute approximate surface area is 223 Å². The molecular weight excluding hydrogens is 465 g/mol. The van der Waals surface area contributed by atoms with E-state index in [-0.39, 0.29) is 23.2 Å². The molecule has 4 nitrogen and oxygen atoms in total. The van der Waals surface area contributed by atoms with Crippen LogP contribution in [0.5, 0.6) is 5.75 Å². The second-order valence-corrected chi connectivity index (χ2v) is 12.0. The fourth-order valence-electron chi connectivity index (χ4n) is 7.04. The number of ether oxygens (including phenoxy) is 2. The van der Waals surface area contributed by atoms with Crippen LogP contribution < -0.4 is 4.74 Å². The standard InChI is InChI=1S/C32H46FNO3/c1-2-3-4-5-23-6-8-24(9-7-23)22-36-29-17-14-26(15-18-29)25-10-12-27(13-11-25)32(35)37-30-19-16-28(21-34)31(33)20-30/h16,19-20,23-27,29H,2-15,17-18,22H2,1H3/t23-,24-,25-,26-,27-,29-. The molecule has 3 saturated carbocycles. The Kier molecular flexibility index (Phi) is 10.8. The van der Waals surface area contributed by atoms with Crippen LogP contribution in [-0.2, 0) is 9.53 Å². The van der Waals surface area contributed by atoms with Crippen LogP contribution in [-0.4, -0.2) is 18.7 Å². The van der Waals surface area contributed by atoms with Gasteiger partial charge >= 0.3 is 5.97 Å². The number of esters is 1. The first-order chi connectivity index (χ1) is 18.1. The summed E-state index contributed by atoms with van der Waals surface area (Å²) < 4.78 is 25.7. The quantitative estimate of drug-likeness (QED) is 0.180. The second kappa shape index (κ2) is 14.3. The zero-order chi connectivity index (χ0) is 26.0. The number of nitriles is 1. The van der Waals surface area contributed by atoms with Crippen molar-refractivity contribution in [2.45, 2.75) is 116 Å². The summed E-state index contributed by atoms with van der Waals surface area (Å²) >= 11 is 0. The van der Waals surface area contributed by atoms with Crippen LogP contribution in [0, 0.1) is 46.7 Å². The van der Waals surface area contributed by atoms with E-state index in [0.717, 1.165) is 56.1 Å². The highest BCUT2D eigenvalue weighted by Crippen LogP contribution is 2.41. The zero-order valence-electron chi connectivity index (χ0n) is 22.8. The van der Waals surface area contributed by atoms with Gasteiger partial charge in [0.1, 0.15) is 17.6 Å². The lowest BCUT2D eigenvalue weighted by Crippen LogP contribution is -2.32. The van der Waals surface area contributed by atoms with Crippen molar-refractivity contribution in [1.82, 2.24) is 0 Å². The van der Waals surface area contributed by atoms with E-state index in [1.807, 2.05) is 0 Å². The van der Waals surface area contributed by atoms with Crippen LogP contribution in [0.4, 0.5) is 4.39 Å². The molecule has 0 amide bonds. The van der Waals surface area contributed by atoms with Crippen LogP contribution in [0.1, 0.15) is 115 Å². The average Bonchev–Trinajstić information content (AvgIpc) is 2.93. The monoisotopic (exact) mass is 511 g/mol. The maximum atomic E-state index is 13.8. The summed E-state index contributed by atoms with van der Waals surface area (Å²) in [5.74, 6) is 2.34. The zero-order valence-corrected chi connectivity index (χ0v) is 22.8. The van der Waals surface area contributed by atoms with Gasteiger partial charge in [-0.1, -0.05) is 45.4 Å². The van der Waals surface area contributed by atoms with Gasteiger partial charge in [-0.05, 0) is 100 Å². The molecule has 3 fully saturated rings. The molecule has 204 valence electrons. The Morgan fingerprint density at radius 3 is 2.19 bits per heavy atom. The molecule has 5 heteroatoms. The van der Waals surface area contributed by atoms with E-state index in [9.17, 15) is 9.18 Å². The molecule has 0 radical (unpaired) electrons. The van der Waals surface area contributed by atoms with Gasteiger partial charge < -0.3 is 9.47 Å². The van der Waals surface area contributed by atoms with Crippen LogP contribution in [0.25, 0.3) is 0 Å². The summed E-state index contributed by atoms with van der Waals surface area (Å²) in [6, 6.07) is 5.76. The molecule has 1 aromatic carbocycles. The van der Waals surface area contributed by atoms with Gasteiger partial charge in [-0.2, -0.15) is 5.26 Å². The van der Waals surface area contributed by atoms with Crippen molar-refractivity contribution < 1.29 is 18.7 Å². The molecule has 1 aromatic rings. The lowest BCUT2D eigenvalue weighted by molar-refractivity contribution is -0.140. The SMILES string of the molecule is CCCCC[C@H]1CC[C@H](CO[C@H]2CC[C@H]([C@H]3CC[C@H](C(=O)Oc4ccc(C#N)c(F)c4)CC3)CC2)CC1. The Morgan fingerprint density at radius 2 is 1.57 bits per heavy atom. The summed E-state index contributed by atoms with van der Waals surface area (Å²) in [5.41, 5.74) is -0.0410. The Balaban J connectivity index is 1.10. The molecule has 0 bridgehead atoms. The fraction of sp³-hybridized carbons (Fsp3) is 0.750. The van der Waals surface area contributed by atoms with Gasteiger partial charge in [0, 0.05) is 12.7 Å². The van der Waals surface area contributed by atoms with Gasteiger partial charge in [-0.15, -0.1) is 0 Å². The van der Waals surface area contributed by atoms with Gasteiger partial charge in [0.15, 0.2) is 0 Å². The number of hydrogen-bond donors (Lipinski definition) is 0. The summed E-state index contributed by atoms with van der Waals surface area (Å²) in [6.45, 7) is 3.25. The molecular formula is C32H46FNO3. The molecule has 0 aliphatic heterocycles. The van der Waals surface area contributed by atoms with Crippen LogP contribution in [0.15, 0.2) is 18.2 Å². The number of hydrogen-bond acceptors (Lipinski definition) is 4. The minimum absolute atomic E-state index is 0.0410. The third-order valence-corrected chi connectivity index (χ3v) is 9.52. The number of unbranched alkanes of at least 4 members (excludes halogenated alkanes) is 2. The minimum Gasteiger partial charge on any atom is -0.426 e. The van der Waals surface area contributed by atoms with Crippen molar-refractivity contribution >= 4 is 5.97 Å². The van der Waals surface area contributed by atoms with Gasteiger partial charge in [-0.3, -0.25) is 4.79 Å². The fourth-order valence-corrected chi connectivity index (χ4v) is 7.04. The van der Waals surface area contributed by atoms with Crippen LogP contribution in [0.2, 0.25) is 0 Å². The van der Waals surface area contributed by atoms with E-state index in [0.29, 0.717) is 12.0 Å². The highest BCUT2D eigenvalue weighted by molar-refractivity contribution is 5.75. The lowest BCUT2D eigenvalue weighted by atomic mass is 9.70. The van der Waals surface area contributed by atoms with Gasteiger partial charge in [0.05, 0.1) is 17.6 Å². The molecule has 0 heterocycles. The largest absolute Gasteiger partial charge is 0.426 e. The van der Waals surface area contributed by atoms with Crippen molar-refractivity contribution in [3.05, 3.63) is 29.6 Å². The van der Waals surface area contributed by atoms with Gasteiger partial charge in [0.25, 0.3) is 0 Å². The first kappa shape index (κ1) is 28.1. The number of carbonyl (C=O) groups excluding carboxylic acids is 1. The van der Waals surface area contributed by atoms with E-state index in [1.54, 1.807) is 6.07 Å². The van der Waals surface area contributed by atoms with Crippen molar-refractivity contribution in [2.24, 2.45) is 29.6 Å². The predicted molar refractivity (Wildman–Crippen MR) is 143 cm³/mol. The molecule has 4 rings (SSSR count). The van der Waals surface area contributed by atoms with E-state index in [1.165, 1.54) is 89.2 Å². The van der Waals surface area contributed by atoms with E-state index < -0.39 is 5.82 Å². The molecule has 0 atom stereocenters. The number of halogens is 1. The van der Waals surface area contributed by atoms with Crippen molar-refractivity contribution in [1.29, 1.82) is 5.26 Å². The first-order valence-corrected chi connectivity index (χ1v) is 15.1. The number of rotatable bonds is 10. The normalized spacial score (nSPS) is 30.4. The highest BCUT2D eigenvalue weighted by Gasteiger charge is 2.34. The van der Waals surface area contributed by atoms with Gasteiger partial charge in [-0.25, -0.2) is 4.39 Å². The summed E-state index contributed by atoms with van der Waals surface area (Å²) in [6.07, 6.45) is 20.2. The van der Waals surface area contributed by atoms with Crippen molar-refractivity contribution in [2.75, 3.05) is 6.61 Å². The molecule has 3 aliphatic carbocycles. The third kappa shape index (κ3) is 8.28. The maximum absolute atomic E-state index is 13.8. The minimum atomic E-state index is -0.652. The maximum Gasteiger partial charge on any atom is 0.314 e. The van der Waals surface area contributed by atoms with Crippen LogP contribution in [0.3, 0.4) is 0 Å². The number of benzene rings is 1. The van der Waals surface area contributed by atoms with E-state index in [4.69, 9.17) is 14.7 Å². The molecule has 0 spiro atoms. The van der Waals surface area contributed by atoms with Crippen molar-refractivity contribution in [3.8, 4) is 11.8 Å². The Bertz CT molecular complexity index is 888.